The van der Waals surface area contributed by atoms with E-state index in [1.165, 1.54) is 0 Å². The standard InChI is InChI=1S/C4H2ClN3O2/c5-2-1-6-8-3(7-2)4(9)10/h1H,(H,9,10). The van der Waals surface area contributed by atoms with Gasteiger partial charge in [0.1, 0.15) is 0 Å². The van der Waals surface area contributed by atoms with Crippen LogP contribution in [0.15, 0.2) is 6.20 Å². The molecule has 0 bridgehead atoms. The van der Waals surface area contributed by atoms with E-state index in [0.29, 0.717) is 0 Å². The van der Waals surface area contributed by atoms with E-state index in [9.17, 15) is 4.79 Å². The van der Waals surface area contributed by atoms with Crippen molar-refractivity contribution in [3.05, 3.63) is 17.2 Å². The van der Waals surface area contributed by atoms with Crippen molar-refractivity contribution in [1.29, 1.82) is 0 Å². The highest BCUT2D eigenvalue weighted by Gasteiger charge is 2.05. The van der Waals surface area contributed by atoms with E-state index in [1.807, 2.05) is 0 Å². The van der Waals surface area contributed by atoms with Crippen LogP contribution in [0.4, 0.5) is 0 Å². The lowest BCUT2D eigenvalue weighted by Crippen LogP contribution is -2.04. The summed E-state index contributed by atoms with van der Waals surface area (Å²) in [7, 11) is 0. The second-order valence-electron chi connectivity index (χ2n) is 1.41. The van der Waals surface area contributed by atoms with E-state index in [2.05, 4.69) is 15.2 Å². The molecular weight excluding hydrogens is 158 g/mol. The van der Waals surface area contributed by atoms with Gasteiger partial charge < -0.3 is 5.11 Å². The third kappa shape index (κ3) is 1.38. The molecule has 6 heteroatoms. The topological polar surface area (TPSA) is 76.0 Å². The Bertz CT molecular complexity index is 264. The molecule has 10 heavy (non-hydrogen) atoms. The van der Waals surface area contributed by atoms with Crippen molar-refractivity contribution in [3.63, 3.8) is 0 Å². The van der Waals surface area contributed by atoms with Crippen LogP contribution in [0.5, 0.6) is 0 Å². The molecule has 0 aliphatic heterocycles. The van der Waals surface area contributed by atoms with E-state index in [1.54, 1.807) is 0 Å². The fraction of sp³-hybridized carbons (Fsp3) is 0. The van der Waals surface area contributed by atoms with Crippen LogP contribution in [0.3, 0.4) is 0 Å². The minimum atomic E-state index is -1.24. The summed E-state index contributed by atoms with van der Waals surface area (Å²) in [5.74, 6) is -1.64. The van der Waals surface area contributed by atoms with Crippen molar-refractivity contribution in [2.24, 2.45) is 0 Å². The van der Waals surface area contributed by atoms with Crippen molar-refractivity contribution in [1.82, 2.24) is 15.2 Å². The predicted octanol–water partition coefficient (Wildman–Crippen LogP) is 0.223. The normalized spacial score (nSPS) is 9.30. The van der Waals surface area contributed by atoms with Gasteiger partial charge in [0.05, 0.1) is 6.20 Å². The molecule has 0 aromatic carbocycles. The zero-order chi connectivity index (χ0) is 7.56. The molecule has 0 saturated carbocycles. The van der Waals surface area contributed by atoms with Crippen LogP contribution in [0.2, 0.25) is 5.15 Å². The molecular formula is C4H2ClN3O2. The summed E-state index contributed by atoms with van der Waals surface area (Å²) in [6.45, 7) is 0. The van der Waals surface area contributed by atoms with Crippen LogP contribution in [-0.2, 0) is 0 Å². The summed E-state index contributed by atoms with van der Waals surface area (Å²) in [6.07, 6.45) is 1.16. The maximum atomic E-state index is 10.1. The average Bonchev–Trinajstić information content (AvgIpc) is 1.88. The molecule has 1 aromatic heterocycles. The van der Waals surface area contributed by atoms with Gasteiger partial charge in [0.2, 0.25) is 0 Å². The van der Waals surface area contributed by atoms with Crippen LogP contribution >= 0.6 is 11.6 Å². The van der Waals surface area contributed by atoms with Crippen molar-refractivity contribution in [2.45, 2.75) is 0 Å². The van der Waals surface area contributed by atoms with Gasteiger partial charge in [-0.2, -0.15) is 5.10 Å². The molecule has 5 nitrogen and oxygen atoms in total. The number of carboxylic acid groups (broad SMARTS) is 1. The van der Waals surface area contributed by atoms with Gasteiger partial charge in [-0.05, 0) is 0 Å². The number of carboxylic acids is 1. The summed E-state index contributed by atoms with van der Waals surface area (Å²) in [5.41, 5.74) is 0. The van der Waals surface area contributed by atoms with E-state index >= 15 is 0 Å². The zero-order valence-corrected chi connectivity index (χ0v) is 5.41. The van der Waals surface area contributed by atoms with Gasteiger partial charge in [0, 0.05) is 0 Å². The second kappa shape index (κ2) is 2.57. The Hall–Kier alpha value is -1.23. The molecule has 0 aliphatic carbocycles. The summed E-state index contributed by atoms with van der Waals surface area (Å²) in [6, 6.07) is 0. The Morgan fingerprint density at radius 2 is 2.40 bits per heavy atom. The smallest absolute Gasteiger partial charge is 0.375 e. The molecule has 0 saturated heterocycles. The highest BCUT2D eigenvalue weighted by molar-refractivity contribution is 6.29. The number of nitrogens with zero attached hydrogens (tertiary/aromatic N) is 3. The van der Waals surface area contributed by atoms with Gasteiger partial charge in [0.15, 0.2) is 5.15 Å². The van der Waals surface area contributed by atoms with Crippen LogP contribution in [0, 0.1) is 0 Å². The summed E-state index contributed by atoms with van der Waals surface area (Å²) >= 11 is 5.31. The number of rotatable bonds is 1. The summed E-state index contributed by atoms with van der Waals surface area (Å²) in [4.78, 5) is 13.5. The SMILES string of the molecule is O=C(O)c1nncc(Cl)n1. The van der Waals surface area contributed by atoms with Gasteiger partial charge in [-0.15, -0.1) is 5.10 Å². The van der Waals surface area contributed by atoms with Crippen LogP contribution in [0.1, 0.15) is 10.6 Å². The number of hydrogen-bond acceptors (Lipinski definition) is 4. The van der Waals surface area contributed by atoms with E-state index in [0.717, 1.165) is 6.20 Å². The first-order valence-electron chi connectivity index (χ1n) is 2.28. The molecule has 1 N–H and O–H groups in total. The third-order valence-corrected chi connectivity index (χ3v) is 0.903. The molecule has 0 radical (unpaired) electrons. The zero-order valence-electron chi connectivity index (χ0n) is 4.65. The minimum Gasteiger partial charge on any atom is -0.475 e. The predicted molar refractivity (Wildman–Crippen MR) is 31.8 cm³/mol. The van der Waals surface area contributed by atoms with Crippen LogP contribution in [-0.4, -0.2) is 26.3 Å². The first-order valence-corrected chi connectivity index (χ1v) is 2.66. The monoisotopic (exact) mass is 159 g/mol. The molecule has 0 fully saturated rings. The molecule has 0 unspecified atom stereocenters. The number of halogens is 1. The fourth-order valence-corrected chi connectivity index (χ4v) is 0.498. The second-order valence-corrected chi connectivity index (χ2v) is 1.80. The average molecular weight is 160 g/mol. The van der Waals surface area contributed by atoms with Gasteiger partial charge in [-0.3, -0.25) is 0 Å². The highest BCUT2D eigenvalue weighted by atomic mass is 35.5. The molecule has 0 aliphatic rings. The number of carbonyl (C=O) groups is 1. The Balaban J connectivity index is 3.07. The number of hydrogen-bond donors (Lipinski definition) is 1. The number of aromatic nitrogens is 3. The van der Waals surface area contributed by atoms with Gasteiger partial charge in [-0.1, -0.05) is 11.6 Å². The molecule has 1 rings (SSSR count). The van der Waals surface area contributed by atoms with E-state index in [-0.39, 0.29) is 5.15 Å². The summed E-state index contributed by atoms with van der Waals surface area (Å²) in [5, 5.41) is 14.8. The van der Waals surface area contributed by atoms with Crippen LogP contribution < -0.4 is 0 Å². The first-order chi connectivity index (χ1) is 4.70. The van der Waals surface area contributed by atoms with Crippen LogP contribution in [0.25, 0.3) is 0 Å². The molecule has 0 amide bonds. The van der Waals surface area contributed by atoms with Crippen molar-refractivity contribution in [3.8, 4) is 0 Å². The third-order valence-electron chi connectivity index (χ3n) is 0.721. The lowest BCUT2D eigenvalue weighted by Gasteiger charge is -1.88. The lowest BCUT2D eigenvalue weighted by molar-refractivity contribution is 0.0682. The molecule has 0 atom stereocenters. The van der Waals surface area contributed by atoms with Crippen molar-refractivity contribution >= 4 is 17.6 Å². The lowest BCUT2D eigenvalue weighted by atomic mass is 10.6. The van der Waals surface area contributed by atoms with Crippen molar-refractivity contribution in [2.75, 3.05) is 0 Å². The maximum Gasteiger partial charge on any atom is 0.375 e. The quantitative estimate of drug-likeness (QED) is 0.635. The Kier molecular flexibility index (Phi) is 1.77. The molecule has 1 aromatic rings. The Morgan fingerprint density at radius 1 is 1.70 bits per heavy atom. The largest absolute Gasteiger partial charge is 0.475 e. The van der Waals surface area contributed by atoms with Gasteiger partial charge in [0.25, 0.3) is 5.82 Å². The fourth-order valence-electron chi connectivity index (χ4n) is 0.374. The Morgan fingerprint density at radius 3 is 2.80 bits per heavy atom. The highest BCUT2D eigenvalue weighted by Crippen LogP contribution is 1.98. The Labute approximate surface area is 60.7 Å². The molecule has 52 valence electrons. The van der Waals surface area contributed by atoms with Gasteiger partial charge >= 0.3 is 5.97 Å². The number of aromatic carboxylic acids is 1. The van der Waals surface area contributed by atoms with E-state index in [4.69, 9.17) is 16.7 Å². The molecule has 1 heterocycles. The minimum absolute atomic E-state index is 0.0207. The first kappa shape index (κ1) is 6.88. The maximum absolute atomic E-state index is 10.1. The summed E-state index contributed by atoms with van der Waals surface area (Å²) < 4.78 is 0. The molecule has 0 spiro atoms. The van der Waals surface area contributed by atoms with E-state index < -0.39 is 11.8 Å². The van der Waals surface area contributed by atoms with Crippen molar-refractivity contribution < 1.29 is 9.90 Å². The van der Waals surface area contributed by atoms with Gasteiger partial charge in [-0.25, -0.2) is 9.78 Å².